The van der Waals surface area contributed by atoms with Gasteiger partial charge in [-0.2, -0.15) is 0 Å². The molecular formula is C18H26N2O2. The van der Waals surface area contributed by atoms with Crippen molar-refractivity contribution in [3.05, 3.63) is 42.0 Å². The summed E-state index contributed by atoms with van der Waals surface area (Å²) in [6.45, 7) is 7.03. The smallest absolute Gasteiger partial charge is 0.219 e. The molecule has 1 saturated heterocycles. The summed E-state index contributed by atoms with van der Waals surface area (Å²) in [5, 5.41) is 10.1. The Labute approximate surface area is 133 Å². The van der Waals surface area contributed by atoms with Gasteiger partial charge in [0.2, 0.25) is 5.91 Å². The van der Waals surface area contributed by atoms with Crippen LogP contribution in [0.15, 0.2) is 36.4 Å². The first-order chi connectivity index (χ1) is 10.6. The number of carbonyl (C=O) groups excluding carboxylic acids is 1. The highest BCUT2D eigenvalue weighted by Crippen LogP contribution is 2.17. The predicted octanol–water partition coefficient (Wildman–Crippen LogP) is 2.00. The maximum atomic E-state index is 11.5. The average molecular weight is 302 g/mol. The number of nitrogens with zero attached hydrogens (tertiary/aromatic N) is 2. The summed E-state index contributed by atoms with van der Waals surface area (Å²) in [7, 11) is 0. The summed E-state index contributed by atoms with van der Waals surface area (Å²) in [4.78, 5) is 15.5. The van der Waals surface area contributed by atoms with Crippen LogP contribution in [0.5, 0.6) is 0 Å². The molecule has 1 aromatic rings. The van der Waals surface area contributed by atoms with Crippen molar-refractivity contribution in [2.24, 2.45) is 0 Å². The number of β-amino-alcohol motifs (C(OH)–C–C–N with tert-alkyl or cyclic N) is 1. The molecule has 1 aliphatic rings. The summed E-state index contributed by atoms with van der Waals surface area (Å²) < 4.78 is 0. The zero-order valence-electron chi connectivity index (χ0n) is 13.5. The molecule has 1 atom stereocenters. The van der Waals surface area contributed by atoms with E-state index >= 15 is 0 Å². The number of amides is 1. The number of aliphatic hydroxyl groups excluding tert-OH is 1. The van der Waals surface area contributed by atoms with Gasteiger partial charge < -0.3 is 10.0 Å². The van der Waals surface area contributed by atoms with Crippen LogP contribution in [-0.2, 0) is 4.79 Å². The molecule has 1 N–H and O–H groups in total. The van der Waals surface area contributed by atoms with Gasteiger partial charge in [-0.1, -0.05) is 43.3 Å². The normalized spacial score (nSPS) is 20.8. The molecule has 4 heteroatoms. The SMILES string of the molecule is CC/C=C(/CN1CCN(C(C)=O)C[C@@H](O)C1)c1ccccc1. The van der Waals surface area contributed by atoms with Gasteiger partial charge in [-0.25, -0.2) is 0 Å². The van der Waals surface area contributed by atoms with Gasteiger partial charge in [-0.05, 0) is 17.6 Å². The van der Waals surface area contributed by atoms with E-state index in [-0.39, 0.29) is 5.91 Å². The molecule has 1 aromatic carbocycles. The lowest BCUT2D eigenvalue weighted by Crippen LogP contribution is -2.36. The molecule has 0 unspecified atom stereocenters. The maximum Gasteiger partial charge on any atom is 0.219 e. The van der Waals surface area contributed by atoms with Gasteiger partial charge in [0.25, 0.3) is 0 Å². The molecule has 2 rings (SSSR count). The molecule has 0 bridgehead atoms. The fraction of sp³-hybridized carbons (Fsp3) is 0.500. The number of allylic oxidation sites excluding steroid dienone is 1. The first-order valence-electron chi connectivity index (χ1n) is 8.00. The average Bonchev–Trinajstić information content (AvgIpc) is 2.69. The lowest BCUT2D eigenvalue weighted by Gasteiger charge is -2.23. The summed E-state index contributed by atoms with van der Waals surface area (Å²) in [6.07, 6.45) is 2.75. The molecule has 0 spiro atoms. The Bertz CT molecular complexity index is 513. The quantitative estimate of drug-likeness (QED) is 0.925. The highest BCUT2D eigenvalue weighted by Gasteiger charge is 2.23. The first-order valence-corrected chi connectivity index (χ1v) is 8.00. The van der Waals surface area contributed by atoms with Gasteiger partial charge in [-0.3, -0.25) is 9.69 Å². The molecule has 0 saturated carbocycles. The van der Waals surface area contributed by atoms with Crippen molar-refractivity contribution in [3.8, 4) is 0 Å². The second-order valence-electron chi connectivity index (χ2n) is 5.86. The van der Waals surface area contributed by atoms with Gasteiger partial charge in [0.15, 0.2) is 0 Å². The van der Waals surface area contributed by atoms with Gasteiger partial charge in [0, 0.05) is 39.6 Å². The molecule has 1 heterocycles. The van der Waals surface area contributed by atoms with Crippen LogP contribution in [0.3, 0.4) is 0 Å². The molecule has 1 aliphatic heterocycles. The van der Waals surface area contributed by atoms with E-state index in [4.69, 9.17) is 0 Å². The van der Waals surface area contributed by atoms with E-state index in [1.165, 1.54) is 11.1 Å². The minimum atomic E-state index is -0.481. The minimum absolute atomic E-state index is 0.0354. The molecule has 0 aromatic heterocycles. The molecular weight excluding hydrogens is 276 g/mol. The first kappa shape index (κ1) is 16.7. The van der Waals surface area contributed by atoms with E-state index in [1.807, 2.05) is 18.2 Å². The summed E-state index contributed by atoms with van der Waals surface area (Å²) in [6, 6.07) is 10.4. The Morgan fingerprint density at radius 2 is 2.00 bits per heavy atom. The van der Waals surface area contributed by atoms with Crippen LogP contribution < -0.4 is 0 Å². The number of aliphatic hydroxyl groups is 1. The van der Waals surface area contributed by atoms with E-state index in [0.29, 0.717) is 19.6 Å². The Kier molecular flexibility index (Phi) is 6.16. The lowest BCUT2D eigenvalue weighted by atomic mass is 10.0. The van der Waals surface area contributed by atoms with E-state index in [0.717, 1.165) is 19.5 Å². The molecule has 1 amide bonds. The van der Waals surface area contributed by atoms with Crippen molar-refractivity contribution in [2.45, 2.75) is 26.4 Å². The third-order valence-corrected chi connectivity index (χ3v) is 4.02. The van der Waals surface area contributed by atoms with Crippen LogP contribution in [-0.4, -0.2) is 59.6 Å². The Morgan fingerprint density at radius 3 is 2.64 bits per heavy atom. The van der Waals surface area contributed by atoms with E-state index in [9.17, 15) is 9.90 Å². The zero-order chi connectivity index (χ0) is 15.9. The van der Waals surface area contributed by atoms with Gasteiger partial charge in [0.1, 0.15) is 0 Å². The van der Waals surface area contributed by atoms with Crippen LogP contribution >= 0.6 is 0 Å². The number of carbonyl (C=O) groups is 1. The van der Waals surface area contributed by atoms with Crippen molar-refractivity contribution >= 4 is 11.5 Å². The zero-order valence-corrected chi connectivity index (χ0v) is 13.5. The van der Waals surface area contributed by atoms with Crippen molar-refractivity contribution < 1.29 is 9.90 Å². The van der Waals surface area contributed by atoms with Gasteiger partial charge in [-0.15, -0.1) is 0 Å². The number of hydrogen-bond acceptors (Lipinski definition) is 3. The van der Waals surface area contributed by atoms with Crippen molar-refractivity contribution in [2.75, 3.05) is 32.7 Å². The van der Waals surface area contributed by atoms with Crippen molar-refractivity contribution in [1.29, 1.82) is 0 Å². The van der Waals surface area contributed by atoms with E-state index < -0.39 is 6.10 Å². The Hall–Kier alpha value is -1.65. The highest BCUT2D eigenvalue weighted by molar-refractivity contribution is 5.73. The topological polar surface area (TPSA) is 43.8 Å². The standard InChI is InChI=1S/C18H26N2O2/c1-3-7-17(16-8-5-4-6-9-16)12-19-10-11-20(15(2)21)14-18(22)13-19/h4-9,18,22H,3,10-14H2,1-2H3/b17-7-/t18-/m0/s1. The minimum Gasteiger partial charge on any atom is -0.390 e. The Morgan fingerprint density at radius 1 is 1.27 bits per heavy atom. The highest BCUT2D eigenvalue weighted by atomic mass is 16.3. The maximum absolute atomic E-state index is 11.5. The largest absolute Gasteiger partial charge is 0.390 e. The second-order valence-corrected chi connectivity index (χ2v) is 5.86. The fourth-order valence-electron chi connectivity index (χ4n) is 2.90. The van der Waals surface area contributed by atoms with Crippen molar-refractivity contribution in [1.82, 2.24) is 9.80 Å². The summed E-state index contributed by atoms with van der Waals surface area (Å²) >= 11 is 0. The summed E-state index contributed by atoms with van der Waals surface area (Å²) in [5.74, 6) is 0.0354. The van der Waals surface area contributed by atoms with Gasteiger partial charge >= 0.3 is 0 Å². The predicted molar refractivity (Wildman–Crippen MR) is 89.4 cm³/mol. The van der Waals surface area contributed by atoms with Crippen LogP contribution in [0.2, 0.25) is 0 Å². The van der Waals surface area contributed by atoms with Gasteiger partial charge in [0.05, 0.1) is 6.10 Å². The Balaban J connectivity index is 2.07. The number of hydrogen-bond donors (Lipinski definition) is 1. The number of rotatable bonds is 4. The third-order valence-electron chi connectivity index (χ3n) is 4.02. The van der Waals surface area contributed by atoms with E-state index in [2.05, 4.69) is 30.0 Å². The third kappa shape index (κ3) is 4.68. The molecule has 0 radical (unpaired) electrons. The second kappa shape index (κ2) is 8.11. The van der Waals surface area contributed by atoms with Crippen LogP contribution in [0, 0.1) is 0 Å². The van der Waals surface area contributed by atoms with Crippen LogP contribution in [0.1, 0.15) is 25.8 Å². The molecule has 0 aliphatic carbocycles. The molecule has 120 valence electrons. The fourth-order valence-corrected chi connectivity index (χ4v) is 2.90. The van der Waals surface area contributed by atoms with Crippen LogP contribution in [0.25, 0.3) is 5.57 Å². The van der Waals surface area contributed by atoms with Crippen molar-refractivity contribution in [3.63, 3.8) is 0 Å². The molecule has 1 fully saturated rings. The monoisotopic (exact) mass is 302 g/mol. The molecule has 22 heavy (non-hydrogen) atoms. The van der Waals surface area contributed by atoms with Crippen LogP contribution in [0.4, 0.5) is 0 Å². The lowest BCUT2D eigenvalue weighted by molar-refractivity contribution is -0.129. The number of benzene rings is 1. The van der Waals surface area contributed by atoms with E-state index in [1.54, 1.807) is 11.8 Å². The summed E-state index contributed by atoms with van der Waals surface area (Å²) in [5.41, 5.74) is 2.51. The molecule has 4 nitrogen and oxygen atoms in total.